The van der Waals surface area contributed by atoms with E-state index in [2.05, 4.69) is 63.2 Å². The predicted molar refractivity (Wildman–Crippen MR) is 186 cm³/mol. The van der Waals surface area contributed by atoms with E-state index in [1.165, 1.54) is 25.7 Å². The molecule has 0 aliphatic rings. The summed E-state index contributed by atoms with van der Waals surface area (Å²) in [5.74, 6) is 0. The fourth-order valence-corrected chi connectivity index (χ4v) is 7.89. The molecule has 0 saturated carbocycles. The summed E-state index contributed by atoms with van der Waals surface area (Å²) >= 11 is 3.35. The third-order valence-corrected chi connectivity index (χ3v) is 10.6. The van der Waals surface area contributed by atoms with Crippen LogP contribution in [0.2, 0.25) is 0 Å². The maximum Gasteiger partial charge on any atom is 0.197 e. The van der Waals surface area contributed by atoms with Crippen molar-refractivity contribution in [3.05, 3.63) is 104 Å². The van der Waals surface area contributed by atoms with Gasteiger partial charge in [-0.3, -0.25) is 9.59 Å². The zero-order chi connectivity index (χ0) is 29.5. The summed E-state index contributed by atoms with van der Waals surface area (Å²) in [5.41, 5.74) is 5.56. The molecule has 6 heteroatoms. The highest BCUT2D eigenvalue weighted by atomic mass is 32.1. The Hall–Kier alpha value is -4.00. The van der Waals surface area contributed by atoms with Gasteiger partial charge >= 0.3 is 0 Å². The number of hydrogen-bond donors (Lipinski definition) is 0. The number of pyridine rings is 2. The molecular formula is C37H34N2O2S2. The summed E-state index contributed by atoms with van der Waals surface area (Å²) in [6.45, 7) is 3.05. The van der Waals surface area contributed by atoms with Gasteiger partial charge in [-0.25, -0.2) is 0 Å². The summed E-state index contributed by atoms with van der Waals surface area (Å²) in [6.07, 6.45) is 7.15. The molecule has 4 aromatic heterocycles. The molecule has 0 unspecified atom stereocenters. The largest absolute Gasteiger partial charge is 0.343 e. The molecule has 0 bridgehead atoms. The van der Waals surface area contributed by atoms with Gasteiger partial charge < -0.3 is 9.13 Å². The van der Waals surface area contributed by atoms with Crippen LogP contribution >= 0.6 is 22.7 Å². The highest BCUT2D eigenvalue weighted by molar-refractivity contribution is 7.13. The van der Waals surface area contributed by atoms with Crippen molar-refractivity contribution in [2.45, 2.75) is 52.0 Å². The first-order chi connectivity index (χ1) is 21.0. The molecule has 43 heavy (non-hydrogen) atoms. The second-order valence-corrected chi connectivity index (χ2v) is 13.3. The zero-order valence-electron chi connectivity index (χ0n) is 24.6. The standard InChI is InChI=1S/C37H34N2O2S2/c1-3-4-5-6-7-8-17-39-31-16-14-25(35-12-10-19-43-35)21-27(31)37(41)29-22-32-28(23-33(29)39)36(40)26-20-24(34-11-9-18-42-34)13-15-30(26)38(32)2/h9-16,18-23H,3-8,17H2,1-2H3. The second-order valence-electron chi connectivity index (χ2n) is 11.4. The average molecular weight is 603 g/mol. The number of benzene rings is 3. The molecule has 4 heterocycles. The van der Waals surface area contributed by atoms with Gasteiger partial charge in [0.2, 0.25) is 0 Å². The molecule has 0 spiro atoms. The van der Waals surface area contributed by atoms with Crippen molar-refractivity contribution in [1.29, 1.82) is 0 Å². The van der Waals surface area contributed by atoms with Crippen LogP contribution in [-0.2, 0) is 13.6 Å². The Morgan fingerprint density at radius 3 is 1.74 bits per heavy atom. The zero-order valence-corrected chi connectivity index (χ0v) is 26.2. The maximum atomic E-state index is 14.2. The first kappa shape index (κ1) is 27.8. The lowest BCUT2D eigenvalue weighted by atomic mass is 10.0. The van der Waals surface area contributed by atoms with Crippen molar-refractivity contribution in [2.75, 3.05) is 0 Å². The monoisotopic (exact) mass is 602 g/mol. The first-order valence-electron chi connectivity index (χ1n) is 15.2. The minimum absolute atomic E-state index is 0.00936. The SMILES string of the molecule is CCCCCCCCn1c2ccc(-c3cccs3)cc2c(=O)c2cc3c(cc21)c(=O)c1cc(-c2cccs2)ccc1n3C. The molecule has 0 saturated heterocycles. The Kier molecular flexibility index (Phi) is 7.50. The van der Waals surface area contributed by atoms with Crippen LogP contribution in [0.5, 0.6) is 0 Å². The van der Waals surface area contributed by atoms with Crippen LogP contribution in [0.3, 0.4) is 0 Å². The van der Waals surface area contributed by atoms with E-state index >= 15 is 0 Å². The predicted octanol–water partition coefficient (Wildman–Crippen LogP) is 9.98. The molecule has 0 fully saturated rings. The quantitative estimate of drug-likeness (QED) is 0.122. The van der Waals surface area contributed by atoms with E-state index in [9.17, 15) is 9.59 Å². The fraction of sp³-hybridized carbons (Fsp3) is 0.243. The van der Waals surface area contributed by atoms with Crippen LogP contribution in [0.25, 0.3) is 64.5 Å². The highest BCUT2D eigenvalue weighted by Gasteiger charge is 2.17. The van der Waals surface area contributed by atoms with E-state index in [-0.39, 0.29) is 10.9 Å². The van der Waals surface area contributed by atoms with Crippen LogP contribution in [0.1, 0.15) is 45.4 Å². The molecule has 0 N–H and O–H groups in total. The number of nitrogens with zero attached hydrogens (tertiary/aromatic N) is 2. The van der Waals surface area contributed by atoms with E-state index in [0.717, 1.165) is 67.7 Å². The number of aromatic nitrogens is 2. The lowest BCUT2D eigenvalue weighted by molar-refractivity contribution is 0.570. The molecule has 0 radical (unpaired) electrons. The van der Waals surface area contributed by atoms with Crippen molar-refractivity contribution in [2.24, 2.45) is 7.05 Å². The summed E-state index contributed by atoms with van der Waals surface area (Å²) < 4.78 is 4.35. The molecule has 0 atom stereocenters. The Labute approximate surface area is 258 Å². The number of rotatable bonds is 9. The van der Waals surface area contributed by atoms with Gasteiger partial charge in [0, 0.05) is 44.9 Å². The molecule has 0 aliphatic carbocycles. The minimum atomic E-state index is 0.00936. The molecule has 3 aromatic carbocycles. The van der Waals surface area contributed by atoms with Gasteiger partial charge in [-0.15, -0.1) is 22.7 Å². The van der Waals surface area contributed by atoms with E-state index in [1.54, 1.807) is 22.7 Å². The molecule has 7 rings (SSSR count). The molecule has 4 nitrogen and oxygen atoms in total. The van der Waals surface area contributed by atoms with Crippen LogP contribution in [0.15, 0.2) is 93.1 Å². The fourth-order valence-electron chi connectivity index (χ4n) is 6.44. The van der Waals surface area contributed by atoms with Gasteiger partial charge in [-0.05, 0) is 76.8 Å². The molecular weight excluding hydrogens is 569 g/mol. The number of unbranched alkanes of at least 4 members (excludes halogenated alkanes) is 5. The van der Waals surface area contributed by atoms with Crippen molar-refractivity contribution < 1.29 is 0 Å². The van der Waals surface area contributed by atoms with Gasteiger partial charge in [-0.1, -0.05) is 63.3 Å². The molecule has 216 valence electrons. The highest BCUT2D eigenvalue weighted by Crippen LogP contribution is 2.32. The van der Waals surface area contributed by atoms with E-state index in [0.29, 0.717) is 16.2 Å². The Morgan fingerprint density at radius 2 is 1.12 bits per heavy atom. The summed E-state index contributed by atoms with van der Waals surface area (Å²) in [6, 6.07) is 24.6. The number of fused-ring (bicyclic) bond motifs is 4. The second kappa shape index (κ2) is 11.6. The van der Waals surface area contributed by atoms with Crippen LogP contribution in [0, 0.1) is 0 Å². The van der Waals surface area contributed by atoms with E-state index < -0.39 is 0 Å². The normalized spacial score (nSPS) is 11.9. The Morgan fingerprint density at radius 1 is 0.581 bits per heavy atom. The smallest absolute Gasteiger partial charge is 0.197 e. The van der Waals surface area contributed by atoms with Crippen molar-refractivity contribution in [3.8, 4) is 20.9 Å². The van der Waals surface area contributed by atoms with Crippen molar-refractivity contribution in [3.63, 3.8) is 0 Å². The van der Waals surface area contributed by atoms with Gasteiger partial charge in [0.25, 0.3) is 0 Å². The summed E-state index contributed by atoms with van der Waals surface area (Å²) in [4.78, 5) is 30.6. The molecule has 0 amide bonds. The van der Waals surface area contributed by atoms with Gasteiger partial charge in [0.15, 0.2) is 10.9 Å². The Bertz CT molecular complexity index is 2220. The third kappa shape index (κ3) is 4.92. The van der Waals surface area contributed by atoms with E-state index in [4.69, 9.17) is 0 Å². The van der Waals surface area contributed by atoms with E-state index in [1.807, 2.05) is 43.4 Å². The third-order valence-electron chi connectivity index (χ3n) is 8.74. The molecule has 0 aliphatic heterocycles. The maximum absolute atomic E-state index is 14.2. The lowest BCUT2D eigenvalue weighted by Crippen LogP contribution is -2.15. The minimum Gasteiger partial charge on any atom is -0.343 e. The lowest BCUT2D eigenvalue weighted by Gasteiger charge is -2.18. The van der Waals surface area contributed by atoms with Crippen LogP contribution in [0.4, 0.5) is 0 Å². The first-order valence-corrected chi connectivity index (χ1v) is 17.0. The summed E-state index contributed by atoms with van der Waals surface area (Å²) in [5, 5.41) is 6.87. The number of aryl methyl sites for hydroxylation is 2. The average Bonchev–Trinajstić information content (AvgIpc) is 3.78. The van der Waals surface area contributed by atoms with Gasteiger partial charge in [0.1, 0.15) is 0 Å². The number of hydrogen-bond acceptors (Lipinski definition) is 4. The van der Waals surface area contributed by atoms with Crippen molar-refractivity contribution >= 4 is 66.3 Å². The van der Waals surface area contributed by atoms with Crippen LogP contribution < -0.4 is 10.9 Å². The van der Waals surface area contributed by atoms with Crippen LogP contribution in [-0.4, -0.2) is 9.13 Å². The van der Waals surface area contributed by atoms with Crippen molar-refractivity contribution in [1.82, 2.24) is 9.13 Å². The number of thiophene rings is 2. The topological polar surface area (TPSA) is 44.0 Å². The van der Waals surface area contributed by atoms with Gasteiger partial charge in [0.05, 0.1) is 22.1 Å². The summed E-state index contributed by atoms with van der Waals surface area (Å²) in [7, 11) is 1.99. The van der Waals surface area contributed by atoms with Gasteiger partial charge in [-0.2, -0.15) is 0 Å². The molecule has 7 aromatic rings. The Balaban J connectivity index is 1.46.